The minimum Gasteiger partial charge on any atom is -0.455 e. The predicted molar refractivity (Wildman–Crippen MR) is 255 cm³/mol. The quantitative estimate of drug-likeness (QED) is 0.168. The molecule has 11 aromatic rings. The van der Waals surface area contributed by atoms with Gasteiger partial charge in [0.25, 0.3) is 0 Å². The first-order chi connectivity index (χ1) is 30.0. The van der Waals surface area contributed by atoms with Gasteiger partial charge in [-0.25, -0.2) is 0 Å². The average Bonchev–Trinajstić information content (AvgIpc) is 3.86. The van der Waals surface area contributed by atoms with Gasteiger partial charge in [0, 0.05) is 55.3 Å². The molecule has 290 valence electrons. The van der Waals surface area contributed by atoms with Crippen LogP contribution in [0.3, 0.4) is 0 Å². The van der Waals surface area contributed by atoms with E-state index in [-0.39, 0.29) is 5.41 Å². The Hall–Kier alpha value is -7.82. The van der Waals surface area contributed by atoms with Gasteiger partial charge in [-0.3, -0.25) is 0 Å². The molecule has 4 heteroatoms. The van der Waals surface area contributed by atoms with Crippen molar-refractivity contribution in [1.29, 1.82) is 0 Å². The van der Waals surface area contributed by atoms with Crippen LogP contribution in [-0.2, 0) is 5.41 Å². The zero-order valence-electron chi connectivity index (χ0n) is 34.0. The molecule has 0 fully saturated rings. The average molecular weight is 784 g/mol. The van der Waals surface area contributed by atoms with Gasteiger partial charge in [-0.1, -0.05) is 141 Å². The number of hydrogen-bond donors (Lipinski definition) is 0. The second-order valence-electron chi connectivity index (χ2n) is 16.5. The van der Waals surface area contributed by atoms with E-state index in [9.17, 15) is 0 Å². The number of benzene rings is 9. The second kappa shape index (κ2) is 13.6. The molecule has 2 aromatic heterocycles. The Labute approximate surface area is 354 Å². The van der Waals surface area contributed by atoms with E-state index in [2.05, 4.69) is 241 Å². The van der Waals surface area contributed by atoms with Crippen LogP contribution in [0.2, 0.25) is 0 Å². The van der Waals surface area contributed by atoms with E-state index in [1.54, 1.807) is 0 Å². The van der Waals surface area contributed by atoms with E-state index < -0.39 is 0 Å². The van der Waals surface area contributed by atoms with Crippen LogP contribution in [0.1, 0.15) is 25.0 Å². The highest BCUT2D eigenvalue weighted by atomic mass is 16.3. The Bertz CT molecular complexity index is 3400. The number of anilines is 6. The van der Waals surface area contributed by atoms with E-state index >= 15 is 0 Å². The Morgan fingerprint density at radius 1 is 0.459 bits per heavy atom. The van der Waals surface area contributed by atoms with Crippen molar-refractivity contribution in [1.82, 2.24) is 4.57 Å². The summed E-state index contributed by atoms with van der Waals surface area (Å²) in [5.74, 6) is 0. The number of aromatic nitrogens is 1. The normalized spacial score (nSPS) is 13.2. The van der Waals surface area contributed by atoms with Crippen LogP contribution in [0.15, 0.2) is 217 Å². The maximum absolute atomic E-state index is 6.77. The topological polar surface area (TPSA) is 24.6 Å². The summed E-state index contributed by atoms with van der Waals surface area (Å²) < 4.78 is 9.15. The van der Waals surface area contributed by atoms with Crippen LogP contribution < -0.4 is 9.80 Å². The minimum atomic E-state index is -0.153. The molecule has 3 heterocycles. The summed E-state index contributed by atoms with van der Waals surface area (Å²) in [6, 6.07) is 76.5. The highest BCUT2D eigenvalue weighted by Crippen LogP contribution is 2.53. The lowest BCUT2D eigenvalue weighted by Gasteiger charge is -2.42. The van der Waals surface area contributed by atoms with Crippen LogP contribution in [0.4, 0.5) is 34.1 Å². The highest BCUT2D eigenvalue weighted by Gasteiger charge is 2.37. The first-order valence-corrected chi connectivity index (χ1v) is 21.0. The molecule has 1 aliphatic rings. The first-order valence-electron chi connectivity index (χ1n) is 21.0. The van der Waals surface area contributed by atoms with Gasteiger partial charge in [-0.15, -0.1) is 0 Å². The highest BCUT2D eigenvalue weighted by molar-refractivity contribution is 6.17. The first kappa shape index (κ1) is 35.2. The molecule has 0 atom stereocenters. The molecule has 0 N–H and O–H groups in total. The third-order valence-electron chi connectivity index (χ3n) is 12.7. The number of rotatable bonds is 6. The monoisotopic (exact) mass is 783 g/mol. The van der Waals surface area contributed by atoms with E-state index in [0.29, 0.717) is 0 Å². The van der Waals surface area contributed by atoms with E-state index in [1.165, 1.54) is 38.8 Å². The molecule has 1 aliphatic heterocycles. The van der Waals surface area contributed by atoms with Crippen molar-refractivity contribution in [2.24, 2.45) is 0 Å². The number of hydrogen-bond acceptors (Lipinski definition) is 3. The van der Waals surface area contributed by atoms with Crippen molar-refractivity contribution in [2.45, 2.75) is 19.3 Å². The molecular formula is C57H41N3O. The van der Waals surface area contributed by atoms with E-state index in [1.807, 2.05) is 0 Å². The Morgan fingerprint density at radius 3 is 1.79 bits per heavy atom. The van der Waals surface area contributed by atoms with Crippen molar-refractivity contribution in [3.05, 3.63) is 223 Å². The number of fused-ring (bicyclic) bond motifs is 8. The molecule has 0 bridgehead atoms. The van der Waals surface area contributed by atoms with Gasteiger partial charge in [-0.05, 0) is 102 Å². The number of furan rings is 1. The van der Waals surface area contributed by atoms with Gasteiger partial charge in [0.2, 0.25) is 0 Å². The predicted octanol–water partition coefficient (Wildman–Crippen LogP) is 15.9. The Kier molecular flexibility index (Phi) is 7.85. The fraction of sp³-hybridized carbons (Fsp3) is 0.0526. The molecule has 61 heavy (non-hydrogen) atoms. The summed E-state index contributed by atoms with van der Waals surface area (Å²) in [4.78, 5) is 4.84. The largest absolute Gasteiger partial charge is 0.455 e. The zero-order valence-corrected chi connectivity index (χ0v) is 34.0. The van der Waals surface area contributed by atoms with Crippen LogP contribution in [-0.4, -0.2) is 4.57 Å². The standard InChI is InChI=1S/C57H41N3O/c1-57(2)47-24-11-14-27-50(47)60(51-28-15-12-25-48(51)57)42-36-45(56-46(37-42)43-22-10-16-31-54(43)61-56)38-32-34-41(35-33-38)58(39-18-5-3-6-19-39)52-29-17-30-53-55(52)44-23-9-13-26-49(44)59(53)40-20-7-4-8-21-40/h3-37H,1-2H3. The van der Waals surface area contributed by atoms with Gasteiger partial charge >= 0.3 is 0 Å². The molecule has 0 unspecified atom stereocenters. The van der Waals surface area contributed by atoms with Crippen molar-refractivity contribution < 1.29 is 4.42 Å². The molecule has 0 saturated heterocycles. The molecule has 0 aliphatic carbocycles. The molecule has 0 amide bonds. The summed E-state index contributed by atoms with van der Waals surface area (Å²) in [7, 11) is 0. The summed E-state index contributed by atoms with van der Waals surface area (Å²) in [6.07, 6.45) is 0. The molecule has 0 spiro atoms. The molecule has 4 nitrogen and oxygen atoms in total. The maximum atomic E-state index is 6.77. The van der Waals surface area contributed by atoms with Crippen molar-refractivity contribution in [2.75, 3.05) is 9.80 Å². The van der Waals surface area contributed by atoms with Crippen molar-refractivity contribution in [3.63, 3.8) is 0 Å². The molecular weight excluding hydrogens is 743 g/mol. The minimum absolute atomic E-state index is 0.153. The van der Waals surface area contributed by atoms with Crippen molar-refractivity contribution >= 4 is 77.9 Å². The summed E-state index contributed by atoms with van der Waals surface area (Å²) in [5, 5.41) is 4.62. The third-order valence-corrected chi connectivity index (χ3v) is 12.7. The second-order valence-corrected chi connectivity index (χ2v) is 16.5. The van der Waals surface area contributed by atoms with Gasteiger partial charge in [0.15, 0.2) is 0 Å². The Morgan fingerprint density at radius 2 is 1.05 bits per heavy atom. The summed E-state index contributed by atoms with van der Waals surface area (Å²) >= 11 is 0. The lowest BCUT2D eigenvalue weighted by Crippen LogP contribution is -2.30. The number of para-hydroxylation sites is 6. The smallest absolute Gasteiger partial charge is 0.143 e. The fourth-order valence-electron chi connectivity index (χ4n) is 9.94. The molecule has 0 radical (unpaired) electrons. The lowest BCUT2D eigenvalue weighted by molar-refractivity contribution is 0.632. The zero-order chi connectivity index (χ0) is 40.7. The van der Waals surface area contributed by atoms with Crippen LogP contribution in [0, 0.1) is 0 Å². The molecule has 0 saturated carbocycles. The van der Waals surface area contributed by atoms with E-state index in [4.69, 9.17) is 4.42 Å². The third kappa shape index (κ3) is 5.39. The molecule has 12 rings (SSSR count). The maximum Gasteiger partial charge on any atom is 0.143 e. The van der Waals surface area contributed by atoms with Gasteiger partial charge in [0.1, 0.15) is 11.2 Å². The molecule has 9 aromatic carbocycles. The van der Waals surface area contributed by atoms with Gasteiger partial charge in [0.05, 0.1) is 28.1 Å². The van der Waals surface area contributed by atoms with Crippen LogP contribution >= 0.6 is 0 Å². The Balaban J connectivity index is 1.06. The van der Waals surface area contributed by atoms with Crippen LogP contribution in [0.25, 0.3) is 60.6 Å². The van der Waals surface area contributed by atoms with Gasteiger partial charge < -0.3 is 18.8 Å². The van der Waals surface area contributed by atoms with E-state index in [0.717, 1.165) is 67.0 Å². The fourth-order valence-corrected chi connectivity index (χ4v) is 9.94. The van der Waals surface area contributed by atoms with Crippen LogP contribution in [0.5, 0.6) is 0 Å². The summed E-state index contributed by atoms with van der Waals surface area (Å²) in [5.41, 5.74) is 16.6. The number of nitrogens with zero attached hydrogens (tertiary/aromatic N) is 3. The van der Waals surface area contributed by atoms with Gasteiger partial charge in [-0.2, -0.15) is 0 Å². The SMILES string of the molecule is CC1(C)c2ccccc2N(c2cc(-c3ccc(N(c4ccccc4)c4cccc5c4c4ccccc4n5-c4ccccc4)cc3)c3oc4ccccc4c3c2)c2ccccc21. The lowest BCUT2D eigenvalue weighted by atomic mass is 9.73. The van der Waals surface area contributed by atoms with Crippen molar-refractivity contribution in [3.8, 4) is 16.8 Å². The summed E-state index contributed by atoms with van der Waals surface area (Å²) in [6.45, 7) is 4.67.